The molecule has 2 aromatic rings. The first-order valence-electron chi connectivity index (χ1n) is 7.95. The Hall–Kier alpha value is -3.31. The van der Waals surface area contributed by atoms with Crippen LogP contribution in [0.25, 0.3) is 6.08 Å². The van der Waals surface area contributed by atoms with E-state index in [-0.39, 0.29) is 22.0 Å². The van der Waals surface area contributed by atoms with Crippen molar-refractivity contribution in [1.29, 1.82) is 0 Å². The molecular formula is C18H12BrN3O6S. The number of hydrogen-bond acceptors (Lipinski definition) is 7. The second kappa shape index (κ2) is 7.97. The van der Waals surface area contributed by atoms with Gasteiger partial charge in [-0.1, -0.05) is 22.0 Å². The highest BCUT2D eigenvalue weighted by Crippen LogP contribution is 2.37. The molecule has 11 heteroatoms. The molecule has 29 heavy (non-hydrogen) atoms. The molecule has 3 rings (SSSR count). The Morgan fingerprint density at radius 2 is 2.03 bits per heavy atom. The number of anilines is 1. The number of phenols is 1. The highest BCUT2D eigenvalue weighted by atomic mass is 79.9. The van der Waals surface area contributed by atoms with Crippen LogP contribution in [0.1, 0.15) is 5.56 Å². The van der Waals surface area contributed by atoms with Gasteiger partial charge >= 0.3 is 5.69 Å². The number of rotatable bonds is 4. The van der Waals surface area contributed by atoms with Crippen molar-refractivity contribution in [2.45, 2.75) is 0 Å². The molecule has 0 aromatic heterocycles. The SMILES string of the molecule is COc1cc(/C=C2/C(=O)NC(=S)N(c3cccc(Br)c3)C2=O)cc([N+](=O)[O-])c1O. The minimum Gasteiger partial charge on any atom is -0.500 e. The van der Waals surface area contributed by atoms with Crippen molar-refractivity contribution < 1.29 is 24.4 Å². The number of thiocarbonyl (C=S) groups is 1. The zero-order chi connectivity index (χ0) is 21.3. The fourth-order valence-corrected chi connectivity index (χ4v) is 3.33. The van der Waals surface area contributed by atoms with Gasteiger partial charge in [0.2, 0.25) is 5.75 Å². The van der Waals surface area contributed by atoms with E-state index in [1.165, 1.54) is 19.3 Å². The number of hydrogen-bond donors (Lipinski definition) is 2. The number of benzene rings is 2. The van der Waals surface area contributed by atoms with E-state index in [2.05, 4.69) is 21.2 Å². The molecule has 0 bridgehead atoms. The van der Waals surface area contributed by atoms with Gasteiger partial charge in [0.25, 0.3) is 11.8 Å². The number of nitrogens with zero attached hydrogens (tertiary/aromatic N) is 2. The number of carbonyl (C=O) groups excluding carboxylic acids is 2. The van der Waals surface area contributed by atoms with Crippen molar-refractivity contribution in [2.75, 3.05) is 12.0 Å². The number of nitro benzene ring substituents is 1. The molecule has 1 saturated heterocycles. The van der Waals surface area contributed by atoms with E-state index in [1.54, 1.807) is 24.3 Å². The lowest BCUT2D eigenvalue weighted by Gasteiger charge is -2.29. The van der Waals surface area contributed by atoms with E-state index in [0.717, 1.165) is 11.0 Å². The monoisotopic (exact) mass is 477 g/mol. The predicted molar refractivity (Wildman–Crippen MR) is 112 cm³/mol. The molecule has 2 aromatic carbocycles. The van der Waals surface area contributed by atoms with Crippen molar-refractivity contribution in [2.24, 2.45) is 0 Å². The number of methoxy groups -OCH3 is 1. The summed E-state index contributed by atoms with van der Waals surface area (Å²) in [4.78, 5) is 36.9. The van der Waals surface area contributed by atoms with Gasteiger partial charge in [-0.2, -0.15) is 0 Å². The van der Waals surface area contributed by atoms with Crippen LogP contribution in [0.5, 0.6) is 11.5 Å². The van der Waals surface area contributed by atoms with E-state index in [0.29, 0.717) is 10.2 Å². The summed E-state index contributed by atoms with van der Waals surface area (Å²) in [6.07, 6.45) is 1.17. The maximum Gasteiger partial charge on any atom is 0.315 e. The minimum atomic E-state index is -0.800. The molecule has 2 N–H and O–H groups in total. The van der Waals surface area contributed by atoms with Crippen LogP contribution in [0, 0.1) is 10.1 Å². The van der Waals surface area contributed by atoms with Gasteiger partial charge < -0.3 is 9.84 Å². The molecule has 1 fully saturated rings. The largest absolute Gasteiger partial charge is 0.500 e. The number of amides is 2. The first-order valence-corrected chi connectivity index (χ1v) is 9.15. The Morgan fingerprint density at radius 1 is 1.31 bits per heavy atom. The summed E-state index contributed by atoms with van der Waals surface area (Å²) in [6, 6.07) is 9.04. The van der Waals surface area contributed by atoms with Gasteiger partial charge in [0.15, 0.2) is 10.9 Å². The zero-order valence-corrected chi connectivity index (χ0v) is 17.1. The number of halogens is 1. The minimum absolute atomic E-state index is 0.0930. The van der Waals surface area contributed by atoms with Crippen LogP contribution in [0.15, 0.2) is 46.4 Å². The fraction of sp³-hybridized carbons (Fsp3) is 0.0556. The van der Waals surface area contributed by atoms with E-state index in [9.17, 15) is 24.8 Å². The molecule has 0 spiro atoms. The highest BCUT2D eigenvalue weighted by molar-refractivity contribution is 9.10. The predicted octanol–water partition coefficient (Wildman–Crippen LogP) is 2.90. The summed E-state index contributed by atoms with van der Waals surface area (Å²) >= 11 is 8.43. The van der Waals surface area contributed by atoms with Gasteiger partial charge in [-0.3, -0.25) is 29.9 Å². The third-order valence-electron chi connectivity index (χ3n) is 3.97. The van der Waals surface area contributed by atoms with E-state index >= 15 is 0 Å². The summed E-state index contributed by atoms with van der Waals surface area (Å²) in [6.45, 7) is 0. The van der Waals surface area contributed by atoms with Crippen LogP contribution in [0.4, 0.5) is 11.4 Å². The van der Waals surface area contributed by atoms with Crippen LogP contribution in [0.3, 0.4) is 0 Å². The van der Waals surface area contributed by atoms with Crippen molar-refractivity contribution in [3.63, 3.8) is 0 Å². The molecular weight excluding hydrogens is 466 g/mol. The van der Waals surface area contributed by atoms with E-state index < -0.39 is 28.2 Å². The summed E-state index contributed by atoms with van der Waals surface area (Å²) in [5.41, 5.74) is -0.374. The molecule has 148 valence electrons. The topological polar surface area (TPSA) is 122 Å². The van der Waals surface area contributed by atoms with Gasteiger partial charge in [-0.25, -0.2) is 0 Å². The zero-order valence-electron chi connectivity index (χ0n) is 14.7. The number of phenolic OH excluding ortho intramolecular Hbond substituents is 1. The molecule has 1 heterocycles. The smallest absolute Gasteiger partial charge is 0.315 e. The Labute approximate surface area is 177 Å². The molecule has 9 nitrogen and oxygen atoms in total. The van der Waals surface area contributed by atoms with Gasteiger partial charge in [0.05, 0.1) is 17.7 Å². The maximum absolute atomic E-state index is 13.0. The lowest BCUT2D eigenvalue weighted by Crippen LogP contribution is -2.54. The number of carbonyl (C=O) groups is 2. The van der Waals surface area contributed by atoms with Crippen LogP contribution in [-0.4, -0.2) is 34.1 Å². The molecule has 2 amide bonds. The summed E-state index contributed by atoms with van der Waals surface area (Å²) < 4.78 is 5.64. The fourth-order valence-electron chi connectivity index (χ4n) is 2.67. The molecule has 0 radical (unpaired) electrons. The summed E-state index contributed by atoms with van der Waals surface area (Å²) in [7, 11) is 1.22. The van der Waals surface area contributed by atoms with Crippen molar-refractivity contribution >= 4 is 62.5 Å². The van der Waals surface area contributed by atoms with Crippen molar-refractivity contribution in [1.82, 2.24) is 5.32 Å². The molecule has 0 unspecified atom stereocenters. The van der Waals surface area contributed by atoms with Crippen LogP contribution >= 0.6 is 28.1 Å². The number of aromatic hydroxyl groups is 1. The number of ether oxygens (including phenoxy) is 1. The third-order valence-corrected chi connectivity index (χ3v) is 4.75. The molecule has 0 saturated carbocycles. The second-order valence-corrected chi connectivity index (χ2v) is 7.09. The molecule has 1 aliphatic rings. The number of nitrogens with one attached hydrogen (secondary N) is 1. The Bertz CT molecular complexity index is 1100. The van der Waals surface area contributed by atoms with Crippen LogP contribution < -0.4 is 15.0 Å². The quantitative estimate of drug-likeness (QED) is 0.228. The normalized spacial score (nSPS) is 15.4. The number of nitro groups is 1. The van der Waals surface area contributed by atoms with Gasteiger partial charge in [-0.15, -0.1) is 0 Å². The first-order chi connectivity index (χ1) is 13.7. The van der Waals surface area contributed by atoms with E-state index in [1.807, 2.05) is 0 Å². The second-order valence-electron chi connectivity index (χ2n) is 5.79. The molecule has 0 atom stereocenters. The van der Waals surface area contributed by atoms with E-state index in [4.69, 9.17) is 17.0 Å². The first kappa shape index (κ1) is 20.4. The summed E-state index contributed by atoms with van der Waals surface area (Å²) in [5, 5.41) is 23.4. The Balaban J connectivity index is 2.10. The Morgan fingerprint density at radius 3 is 2.66 bits per heavy atom. The third kappa shape index (κ3) is 3.96. The van der Waals surface area contributed by atoms with Gasteiger partial charge in [0.1, 0.15) is 5.57 Å². The van der Waals surface area contributed by atoms with Crippen LogP contribution in [0.2, 0.25) is 0 Å². The highest BCUT2D eigenvalue weighted by Gasteiger charge is 2.34. The van der Waals surface area contributed by atoms with Crippen molar-refractivity contribution in [3.05, 3.63) is 62.1 Å². The standard InChI is InChI=1S/C18H12BrN3O6S/c1-28-14-7-9(6-13(15(14)23)22(26)27)5-12-16(24)20-18(29)21(17(12)25)11-4-2-3-10(19)8-11/h2-8,23H,1H3,(H,20,24,29)/b12-5-. The Kier molecular flexibility index (Phi) is 5.62. The molecule has 1 aliphatic heterocycles. The lowest BCUT2D eigenvalue weighted by molar-refractivity contribution is -0.386. The van der Waals surface area contributed by atoms with Crippen molar-refractivity contribution in [3.8, 4) is 11.5 Å². The lowest BCUT2D eigenvalue weighted by atomic mass is 10.1. The van der Waals surface area contributed by atoms with Crippen LogP contribution in [-0.2, 0) is 9.59 Å². The maximum atomic E-state index is 13.0. The average Bonchev–Trinajstić information content (AvgIpc) is 2.65. The van der Waals surface area contributed by atoms with Gasteiger partial charge in [-0.05, 0) is 48.1 Å². The average molecular weight is 478 g/mol. The molecule has 0 aliphatic carbocycles. The van der Waals surface area contributed by atoms with Gasteiger partial charge in [0, 0.05) is 10.5 Å². The summed E-state index contributed by atoms with van der Waals surface area (Å²) in [5.74, 6) is -2.28.